The predicted molar refractivity (Wildman–Crippen MR) is 122 cm³/mol. The summed E-state index contributed by atoms with van der Waals surface area (Å²) in [6.07, 6.45) is 1.84. The molecule has 0 spiro atoms. The molecule has 0 radical (unpaired) electrons. The molecule has 0 heterocycles. The molecule has 0 aliphatic carbocycles. The maximum atomic E-state index is 12.7. The van der Waals surface area contributed by atoms with Crippen LogP contribution in [0.4, 0.5) is 0 Å². The molecule has 0 aromatic heterocycles. The normalized spacial score (nSPS) is 11.1. The lowest BCUT2D eigenvalue weighted by atomic mass is 9.91. The van der Waals surface area contributed by atoms with Crippen molar-refractivity contribution in [2.75, 3.05) is 27.6 Å². The van der Waals surface area contributed by atoms with Crippen LogP contribution in [0.25, 0.3) is 16.3 Å². The van der Waals surface area contributed by atoms with E-state index in [0.29, 0.717) is 23.5 Å². The third-order valence-corrected chi connectivity index (χ3v) is 4.94. The maximum Gasteiger partial charge on any atom is 0.339 e. The predicted octanol–water partition coefficient (Wildman–Crippen LogP) is 4.89. The summed E-state index contributed by atoms with van der Waals surface area (Å²) in [5.74, 6) is 0.370. The molecule has 0 aliphatic heterocycles. The lowest BCUT2D eigenvalue weighted by Crippen LogP contribution is -2.09. The van der Waals surface area contributed by atoms with Crippen molar-refractivity contribution in [1.82, 2.24) is 0 Å². The molecule has 0 saturated heterocycles. The Labute approximate surface area is 187 Å². The number of allylic oxidation sites excluding steroid dienone is 1. The van der Waals surface area contributed by atoms with Crippen molar-refractivity contribution in [2.24, 2.45) is 0 Å². The van der Waals surface area contributed by atoms with Gasteiger partial charge in [0.15, 0.2) is 18.3 Å². The minimum atomic E-state index is -0.573. The van der Waals surface area contributed by atoms with Gasteiger partial charge in [-0.25, -0.2) is 4.79 Å². The van der Waals surface area contributed by atoms with E-state index in [-0.39, 0.29) is 19.0 Å². The van der Waals surface area contributed by atoms with Crippen molar-refractivity contribution >= 4 is 22.3 Å². The number of ether oxygens (including phenoxy) is 4. The highest BCUT2D eigenvalue weighted by molar-refractivity contribution is 6.21. The number of carbonyl (C=O) groups excluding carboxylic acids is 1. The van der Waals surface area contributed by atoms with Crippen LogP contribution in [-0.2, 0) is 20.7 Å². The molecule has 0 unspecified atom stereocenters. The Kier molecular flexibility index (Phi) is 7.85. The molecule has 3 aromatic carbocycles. The summed E-state index contributed by atoms with van der Waals surface area (Å²) in [7, 11) is 3.07. The minimum Gasteiger partial charge on any atom is -0.493 e. The van der Waals surface area contributed by atoms with E-state index < -0.39 is 5.97 Å². The number of carbonyl (C=O) groups is 1. The quantitative estimate of drug-likeness (QED) is 0.208. The number of esters is 1. The molecule has 6 nitrogen and oxygen atoms in total. The molecule has 0 fully saturated rings. The molecule has 6 heteroatoms. The summed E-state index contributed by atoms with van der Waals surface area (Å²) in [6, 6.07) is 19.5. The smallest absolute Gasteiger partial charge is 0.339 e. The van der Waals surface area contributed by atoms with E-state index in [0.717, 1.165) is 21.9 Å². The van der Waals surface area contributed by atoms with Gasteiger partial charge in [0.2, 0.25) is 0 Å². The summed E-state index contributed by atoms with van der Waals surface area (Å²) in [4.78, 5) is 12.7. The Morgan fingerprint density at radius 2 is 1.88 bits per heavy atom. The summed E-state index contributed by atoms with van der Waals surface area (Å²) in [5, 5.41) is 10.9. The van der Waals surface area contributed by atoms with Gasteiger partial charge in [-0.1, -0.05) is 48.5 Å². The molecule has 164 valence electrons. The average molecular weight is 431 g/mol. The number of hydrogen-bond donors (Lipinski definition) is 0. The monoisotopic (exact) mass is 431 g/mol. The lowest BCUT2D eigenvalue weighted by Gasteiger charge is -2.19. The van der Waals surface area contributed by atoms with E-state index in [1.54, 1.807) is 20.1 Å². The molecular weight excluding hydrogens is 406 g/mol. The topological polar surface area (TPSA) is 77.8 Å². The fourth-order valence-electron chi connectivity index (χ4n) is 3.61. The molecule has 3 rings (SSSR count). The zero-order valence-electron chi connectivity index (χ0n) is 18.4. The highest BCUT2D eigenvalue weighted by Gasteiger charge is 2.23. The van der Waals surface area contributed by atoms with Crippen LogP contribution in [0, 0.1) is 11.3 Å². The second kappa shape index (κ2) is 11.0. The van der Waals surface area contributed by atoms with Gasteiger partial charge >= 0.3 is 5.97 Å². The Bertz CT molecular complexity index is 1160. The SMILES string of the molecule is CCOC(=O)C(=CC#N)c1cc(OC)c(OCOC)c2c(Cc3ccccc3)cccc12. The highest BCUT2D eigenvalue weighted by Crippen LogP contribution is 2.43. The third-order valence-electron chi connectivity index (χ3n) is 4.94. The van der Waals surface area contributed by atoms with Crippen LogP contribution < -0.4 is 9.47 Å². The first kappa shape index (κ1) is 22.9. The van der Waals surface area contributed by atoms with Gasteiger partial charge in [-0.2, -0.15) is 5.26 Å². The zero-order chi connectivity index (χ0) is 22.9. The van der Waals surface area contributed by atoms with Crippen LogP contribution in [0.1, 0.15) is 23.6 Å². The van der Waals surface area contributed by atoms with Crippen LogP contribution in [0.15, 0.2) is 60.7 Å². The molecule has 0 amide bonds. The zero-order valence-corrected chi connectivity index (χ0v) is 18.4. The van der Waals surface area contributed by atoms with Gasteiger partial charge in [-0.05, 0) is 35.9 Å². The molecule has 0 atom stereocenters. The van der Waals surface area contributed by atoms with Crippen molar-refractivity contribution in [1.29, 1.82) is 5.26 Å². The van der Waals surface area contributed by atoms with Gasteiger partial charge in [0.05, 0.1) is 25.4 Å². The summed E-state index contributed by atoms with van der Waals surface area (Å²) < 4.78 is 21.9. The van der Waals surface area contributed by atoms with Gasteiger partial charge in [-0.15, -0.1) is 0 Å². The van der Waals surface area contributed by atoms with Crippen LogP contribution in [0.2, 0.25) is 0 Å². The van der Waals surface area contributed by atoms with Gasteiger partial charge in [-0.3, -0.25) is 0 Å². The van der Waals surface area contributed by atoms with E-state index >= 15 is 0 Å². The van der Waals surface area contributed by atoms with Gasteiger partial charge in [0.25, 0.3) is 0 Å². The lowest BCUT2D eigenvalue weighted by molar-refractivity contribution is -0.136. The Hall–Kier alpha value is -3.82. The van der Waals surface area contributed by atoms with E-state index in [1.165, 1.54) is 13.2 Å². The van der Waals surface area contributed by atoms with Crippen LogP contribution in [0.3, 0.4) is 0 Å². The standard InChI is InChI=1S/C26H25NO5/c1-4-31-26(28)21(13-14-27)22-16-23(30-3)25(32-17-29-2)24-19(11-8-12-20(22)24)15-18-9-6-5-7-10-18/h5-13,16H,4,15,17H2,1-3H3. The highest BCUT2D eigenvalue weighted by atomic mass is 16.7. The fraction of sp³-hybridized carbons (Fsp3) is 0.231. The van der Waals surface area contributed by atoms with Gasteiger partial charge in [0.1, 0.15) is 0 Å². The van der Waals surface area contributed by atoms with Gasteiger partial charge < -0.3 is 18.9 Å². The fourth-order valence-corrected chi connectivity index (χ4v) is 3.61. The molecule has 32 heavy (non-hydrogen) atoms. The first-order valence-corrected chi connectivity index (χ1v) is 10.2. The molecular formula is C26H25NO5. The number of nitriles is 1. The van der Waals surface area contributed by atoms with Crippen LogP contribution in [0.5, 0.6) is 11.5 Å². The Morgan fingerprint density at radius 1 is 1.09 bits per heavy atom. The van der Waals surface area contributed by atoms with Crippen molar-refractivity contribution in [2.45, 2.75) is 13.3 Å². The number of methoxy groups -OCH3 is 2. The minimum absolute atomic E-state index is 0.0310. The van der Waals surface area contributed by atoms with Crippen LogP contribution >= 0.6 is 0 Å². The second-order valence-electron chi connectivity index (χ2n) is 6.92. The number of benzene rings is 3. The number of hydrogen-bond acceptors (Lipinski definition) is 6. The maximum absolute atomic E-state index is 12.7. The largest absolute Gasteiger partial charge is 0.493 e. The Balaban J connectivity index is 2.33. The second-order valence-corrected chi connectivity index (χ2v) is 6.92. The van der Waals surface area contributed by atoms with Crippen LogP contribution in [-0.4, -0.2) is 33.6 Å². The molecule has 0 bridgehead atoms. The number of nitrogens with zero attached hydrogens (tertiary/aromatic N) is 1. The van der Waals surface area contributed by atoms with Crippen molar-refractivity contribution in [3.05, 3.63) is 77.4 Å². The first-order valence-electron chi connectivity index (χ1n) is 10.2. The molecule has 0 N–H and O–H groups in total. The Morgan fingerprint density at radius 3 is 2.53 bits per heavy atom. The summed E-state index contributed by atoms with van der Waals surface area (Å²) in [5.41, 5.74) is 2.81. The van der Waals surface area contributed by atoms with E-state index in [2.05, 4.69) is 12.1 Å². The number of fused-ring (bicyclic) bond motifs is 1. The van der Waals surface area contributed by atoms with E-state index in [9.17, 15) is 10.1 Å². The van der Waals surface area contributed by atoms with Crippen molar-refractivity contribution < 1.29 is 23.7 Å². The number of rotatable bonds is 9. The molecule has 3 aromatic rings. The van der Waals surface area contributed by atoms with Gasteiger partial charge in [0, 0.05) is 24.1 Å². The third kappa shape index (κ3) is 4.90. The van der Waals surface area contributed by atoms with Crippen molar-refractivity contribution in [3.8, 4) is 17.6 Å². The summed E-state index contributed by atoms with van der Waals surface area (Å²) >= 11 is 0. The van der Waals surface area contributed by atoms with E-state index in [1.807, 2.05) is 42.5 Å². The van der Waals surface area contributed by atoms with Crippen molar-refractivity contribution in [3.63, 3.8) is 0 Å². The summed E-state index contributed by atoms with van der Waals surface area (Å²) in [6.45, 7) is 1.95. The first-order chi connectivity index (χ1) is 15.6. The molecule has 0 aliphatic rings. The molecule has 0 saturated carbocycles. The average Bonchev–Trinajstić information content (AvgIpc) is 2.81. The van der Waals surface area contributed by atoms with E-state index in [4.69, 9.17) is 18.9 Å².